The zero-order valence-corrected chi connectivity index (χ0v) is 14.2. The Labute approximate surface area is 142 Å². The third-order valence-corrected chi connectivity index (χ3v) is 3.82. The summed E-state index contributed by atoms with van der Waals surface area (Å²) in [5, 5.41) is 0.583. The maximum atomic E-state index is 6.00. The normalized spacial score (nSPS) is 10.2. The fraction of sp³-hybridized carbons (Fsp3) is 0.133. The SMILES string of the molecule is NC(=S)c1ccc(OCCOc2ccccc2Cl)c(Br)c1. The standard InChI is InChI=1S/C15H13BrClNO2S/c16-11-9-10(15(18)21)5-6-13(11)19-7-8-20-14-4-2-1-3-12(14)17/h1-6,9H,7-8H2,(H2,18,21). The maximum absolute atomic E-state index is 6.00. The van der Waals surface area contributed by atoms with Crippen LogP contribution in [0, 0.1) is 0 Å². The summed E-state index contributed by atoms with van der Waals surface area (Å²) in [6, 6.07) is 12.8. The van der Waals surface area contributed by atoms with Crippen LogP contribution in [-0.4, -0.2) is 18.2 Å². The molecule has 0 fully saturated rings. The van der Waals surface area contributed by atoms with Crippen LogP contribution in [-0.2, 0) is 0 Å². The van der Waals surface area contributed by atoms with Crippen LogP contribution < -0.4 is 15.2 Å². The summed E-state index contributed by atoms with van der Waals surface area (Å²) in [4.78, 5) is 0.351. The van der Waals surface area contributed by atoms with Gasteiger partial charge in [0, 0.05) is 5.56 Å². The van der Waals surface area contributed by atoms with Crippen molar-refractivity contribution >= 4 is 44.7 Å². The van der Waals surface area contributed by atoms with Gasteiger partial charge in [-0.2, -0.15) is 0 Å². The highest BCUT2D eigenvalue weighted by Crippen LogP contribution is 2.26. The summed E-state index contributed by atoms with van der Waals surface area (Å²) in [6.45, 7) is 0.795. The molecule has 2 aromatic carbocycles. The van der Waals surface area contributed by atoms with E-state index in [9.17, 15) is 0 Å². The molecule has 0 atom stereocenters. The molecular formula is C15H13BrClNO2S. The van der Waals surface area contributed by atoms with Gasteiger partial charge in [0.1, 0.15) is 29.7 Å². The minimum Gasteiger partial charge on any atom is -0.489 e. The molecule has 0 bridgehead atoms. The number of nitrogens with two attached hydrogens (primary N) is 1. The maximum Gasteiger partial charge on any atom is 0.138 e. The molecule has 2 aromatic rings. The Morgan fingerprint density at radius 3 is 2.38 bits per heavy atom. The van der Waals surface area contributed by atoms with Gasteiger partial charge in [-0.15, -0.1) is 0 Å². The average molecular weight is 387 g/mol. The minimum atomic E-state index is 0.351. The van der Waals surface area contributed by atoms with Crippen molar-refractivity contribution in [2.45, 2.75) is 0 Å². The quantitative estimate of drug-likeness (QED) is 0.597. The minimum absolute atomic E-state index is 0.351. The lowest BCUT2D eigenvalue weighted by molar-refractivity contribution is 0.216. The second-order valence-corrected chi connectivity index (χ2v) is 5.84. The first-order valence-corrected chi connectivity index (χ1v) is 7.75. The van der Waals surface area contributed by atoms with Crippen LogP contribution in [0.4, 0.5) is 0 Å². The molecule has 6 heteroatoms. The molecule has 21 heavy (non-hydrogen) atoms. The van der Waals surface area contributed by atoms with Crippen LogP contribution >= 0.6 is 39.7 Å². The molecule has 0 heterocycles. The number of rotatable bonds is 6. The Morgan fingerprint density at radius 1 is 1.10 bits per heavy atom. The molecule has 0 aliphatic carbocycles. The summed E-state index contributed by atoms with van der Waals surface area (Å²) in [5.41, 5.74) is 6.36. The van der Waals surface area contributed by atoms with Crippen molar-refractivity contribution < 1.29 is 9.47 Å². The summed E-state index contributed by atoms with van der Waals surface area (Å²) in [7, 11) is 0. The van der Waals surface area contributed by atoms with E-state index in [1.165, 1.54) is 0 Å². The number of para-hydroxylation sites is 1. The van der Waals surface area contributed by atoms with Crippen LogP contribution in [0.3, 0.4) is 0 Å². The lowest BCUT2D eigenvalue weighted by atomic mass is 10.2. The second kappa shape index (κ2) is 7.64. The van der Waals surface area contributed by atoms with Gasteiger partial charge in [0.2, 0.25) is 0 Å². The molecule has 110 valence electrons. The topological polar surface area (TPSA) is 44.5 Å². The first kappa shape index (κ1) is 16.1. The van der Waals surface area contributed by atoms with Gasteiger partial charge in [0.15, 0.2) is 0 Å². The van der Waals surface area contributed by atoms with Gasteiger partial charge in [0.05, 0.1) is 9.50 Å². The van der Waals surface area contributed by atoms with Crippen molar-refractivity contribution in [2.75, 3.05) is 13.2 Å². The van der Waals surface area contributed by atoms with Crippen molar-refractivity contribution in [3.05, 3.63) is 57.5 Å². The van der Waals surface area contributed by atoms with E-state index in [1.54, 1.807) is 6.07 Å². The van der Waals surface area contributed by atoms with E-state index >= 15 is 0 Å². The number of hydrogen-bond donors (Lipinski definition) is 1. The van der Waals surface area contributed by atoms with Crippen molar-refractivity contribution in [1.29, 1.82) is 0 Å². The van der Waals surface area contributed by atoms with Crippen LogP contribution in [0.25, 0.3) is 0 Å². The summed E-state index contributed by atoms with van der Waals surface area (Å²) < 4.78 is 12.0. The van der Waals surface area contributed by atoms with Crippen molar-refractivity contribution in [3.63, 3.8) is 0 Å². The van der Waals surface area contributed by atoms with Gasteiger partial charge >= 0.3 is 0 Å². The Morgan fingerprint density at radius 2 is 1.76 bits per heavy atom. The van der Waals surface area contributed by atoms with Crippen LogP contribution in [0.15, 0.2) is 46.9 Å². The van der Waals surface area contributed by atoms with Gasteiger partial charge < -0.3 is 15.2 Å². The van der Waals surface area contributed by atoms with Crippen LogP contribution in [0.1, 0.15) is 5.56 Å². The predicted molar refractivity (Wildman–Crippen MR) is 92.5 cm³/mol. The van der Waals surface area contributed by atoms with Crippen molar-refractivity contribution in [3.8, 4) is 11.5 Å². The lowest BCUT2D eigenvalue weighted by Gasteiger charge is -2.11. The zero-order valence-electron chi connectivity index (χ0n) is 11.0. The Bertz CT molecular complexity index is 651. The molecule has 0 radical (unpaired) electrons. The third kappa shape index (κ3) is 4.59. The van der Waals surface area contributed by atoms with Gasteiger partial charge in [-0.05, 0) is 46.3 Å². The summed E-state index contributed by atoms with van der Waals surface area (Å²) in [5.74, 6) is 1.35. The number of thiocarbonyl (C=S) groups is 1. The van der Waals surface area contributed by atoms with Crippen LogP contribution in [0.5, 0.6) is 11.5 Å². The first-order valence-electron chi connectivity index (χ1n) is 6.17. The lowest BCUT2D eigenvalue weighted by Crippen LogP contribution is -2.11. The highest BCUT2D eigenvalue weighted by atomic mass is 79.9. The van der Waals surface area contributed by atoms with E-state index in [1.807, 2.05) is 36.4 Å². The summed E-state index contributed by atoms with van der Waals surface area (Å²) in [6.07, 6.45) is 0. The molecule has 0 amide bonds. The first-order chi connectivity index (χ1) is 10.1. The largest absolute Gasteiger partial charge is 0.489 e. The molecule has 0 unspecified atom stereocenters. The number of hydrogen-bond acceptors (Lipinski definition) is 3. The predicted octanol–water partition coefficient (Wildman–Crippen LogP) is 4.19. The summed E-state index contributed by atoms with van der Waals surface area (Å²) >= 11 is 14.3. The molecule has 3 nitrogen and oxygen atoms in total. The molecule has 0 saturated heterocycles. The molecule has 2 N–H and O–H groups in total. The van der Waals surface area contributed by atoms with E-state index in [0.717, 1.165) is 10.0 Å². The smallest absolute Gasteiger partial charge is 0.138 e. The Hall–Kier alpha value is -1.30. The van der Waals surface area contributed by atoms with E-state index < -0.39 is 0 Å². The Balaban J connectivity index is 1.87. The van der Waals surface area contributed by atoms with Crippen molar-refractivity contribution in [1.82, 2.24) is 0 Å². The average Bonchev–Trinajstić information content (AvgIpc) is 2.46. The van der Waals surface area contributed by atoms with E-state index in [-0.39, 0.29) is 0 Å². The molecule has 0 saturated carbocycles. The van der Waals surface area contributed by atoms with E-state index in [4.69, 9.17) is 39.0 Å². The van der Waals surface area contributed by atoms with E-state index in [2.05, 4.69) is 15.9 Å². The third-order valence-electron chi connectivity index (χ3n) is 2.65. The Kier molecular flexibility index (Phi) is 5.85. The zero-order chi connectivity index (χ0) is 15.2. The monoisotopic (exact) mass is 385 g/mol. The second-order valence-electron chi connectivity index (χ2n) is 4.14. The molecule has 0 aromatic heterocycles. The van der Waals surface area contributed by atoms with E-state index in [0.29, 0.717) is 34.7 Å². The molecule has 2 rings (SSSR count). The van der Waals surface area contributed by atoms with Crippen LogP contribution in [0.2, 0.25) is 5.02 Å². The molecule has 0 aliphatic rings. The number of ether oxygens (including phenoxy) is 2. The molecular weight excluding hydrogens is 374 g/mol. The highest BCUT2D eigenvalue weighted by molar-refractivity contribution is 9.10. The van der Waals surface area contributed by atoms with Gasteiger partial charge in [0.25, 0.3) is 0 Å². The number of halogens is 2. The molecule has 0 spiro atoms. The van der Waals surface area contributed by atoms with Crippen molar-refractivity contribution in [2.24, 2.45) is 5.73 Å². The highest BCUT2D eigenvalue weighted by Gasteiger charge is 2.05. The fourth-order valence-electron chi connectivity index (χ4n) is 1.64. The fourth-order valence-corrected chi connectivity index (χ4v) is 2.45. The van der Waals surface area contributed by atoms with Gasteiger partial charge in [-0.25, -0.2) is 0 Å². The van der Waals surface area contributed by atoms with Gasteiger partial charge in [-0.1, -0.05) is 36.0 Å². The molecule has 0 aliphatic heterocycles. The van der Waals surface area contributed by atoms with Gasteiger partial charge in [-0.3, -0.25) is 0 Å². The number of benzene rings is 2.